The molecule has 1 aromatic carbocycles. The van der Waals surface area contributed by atoms with Crippen molar-refractivity contribution in [2.45, 2.75) is 88.8 Å². The maximum absolute atomic E-state index is 14.1. The zero-order chi connectivity index (χ0) is 29.8. The van der Waals surface area contributed by atoms with Gasteiger partial charge >= 0.3 is 6.09 Å². The number of aliphatic hydroxyl groups excluding tert-OH is 2. The second kappa shape index (κ2) is 12.6. The van der Waals surface area contributed by atoms with E-state index in [0.29, 0.717) is 19.3 Å². The van der Waals surface area contributed by atoms with Crippen molar-refractivity contribution in [2.75, 3.05) is 13.1 Å². The van der Waals surface area contributed by atoms with Gasteiger partial charge in [0.05, 0.1) is 12.2 Å². The minimum atomic E-state index is -1.59. The average Bonchev–Trinajstić information content (AvgIpc) is 3.52. The van der Waals surface area contributed by atoms with Crippen LogP contribution in [0.2, 0.25) is 0 Å². The smallest absolute Gasteiger partial charge is 0.405 e. The van der Waals surface area contributed by atoms with E-state index in [2.05, 4.69) is 5.32 Å². The van der Waals surface area contributed by atoms with Crippen LogP contribution in [-0.2, 0) is 30.3 Å². The van der Waals surface area contributed by atoms with Crippen LogP contribution in [0, 0.1) is 6.92 Å². The summed E-state index contributed by atoms with van der Waals surface area (Å²) >= 11 is 0. The van der Waals surface area contributed by atoms with Gasteiger partial charge in [-0.2, -0.15) is 0 Å². The van der Waals surface area contributed by atoms with Gasteiger partial charge in [-0.25, -0.2) is 4.79 Å². The third-order valence-corrected chi connectivity index (χ3v) is 7.58. The highest BCUT2D eigenvalue weighted by Gasteiger charge is 2.53. The molecule has 2 heterocycles. The molecule has 40 heavy (non-hydrogen) atoms. The number of ether oxygens (including phenoxy) is 1. The molecule has 7 N–H and O–H groups in total. The number of primary amides is 2. The van der Waals surface area contributed by atoms with Crippen molar-refractivity contribution in [1.29, 1.82) is 0 Å². The molecule has 2 fully saturated rings. The molecule has 6 atom stereocenters. The maximum Gasteiger partial charge on any atom is 0.405 e. The van der Waals surface area contributed by atoms with E-state index in [1.54, 1.807) is 0 Å². The zero-order valence-corrected chi connectivity index (χ0v) is 23.0. The highest BCUT2D eigenvalue weighted by Crippen LogP contribution is 2.36. The predicted molar refractivity (Wildman–Crippen MR) is 142 cm³/mol. The largest absolute Gasteiger partial charge is 0.433 e. The molecule has 0 radical (unpaired) electrons. The number of carbonyl (C=O) groups is 5. The van der Waals surface area contributed by atoms with Gasteiger partial charge < -0.3 is 41.5 Å². The molecule has 0 aromatic heterocycles. The Balaban J connectivity index is 1.98. The molecule has 5 amide bonds. The lowest BCUT2D eigenvalue weighted by Gasteiger charge is -2.41. The second-order valence-electron chi connectivity index (χ2n) is 10.7. The summed E-state index contributed by atoms with van der Waals surface area (Å²) in [5.41, 5.74) is 10.8. The lowest BCUT2D eigenvalue weighted by atomic mass is 9.85. The molecule has 13 heteroatoms. The van der Waals surface area contributed by atoms with Gasteiger partial charge in [0.15, 0.2) is 0 Å². The molecule has 1 aromatic rings. The van der Waals surface area contributed by atoms with Gasteiger partial charge in [0.2, 0.25) is 23.8 Å². The van der Waals surface area contributed by atoms with Crippen molar-refractivity contribution in [3.05, 3.63) is 35.4 Å². The molecule has 0 aliphatic carbocycles. The summed E-state index contributed by atoms with van der Waals surface area (Å²) in [6, 6.07) is 5.13. The fourth-order valence-corrected chi connectivity index (χ4v) is 5.68. The van der Waals surface area contributed by atoms with Crippen LogP contribution in [0.25, 0.3) is 0 Å². The number of hydrogen-bond acceptors (Lipinski definition) is 8. The van der Waals surface area contributed by atoms with E-state index < -0.39 is 65.7 Å². The van der Waals surface area contributed by atoms with Crippen molar-refractivity contribution >= 4 is 29.7 Å². The van der Waals surface area contributed by atoms with Crippen LogP contribution in [0.4, 0.5) is 4.79 Å². The van der Waals surface area contributed by atoms with Crippen LogP contribution in [0.3, 0.4) is 0 Å². The number of carbonyl (C=O) groups excluding carboxylic acids is 5. The predicted octanol–water partition coefficient (Wildman–Crippen LogP) is -0.915. The van der Waals surface area contributed by atoms with Gasteiger partial charge in [0, 0.05) is 19.5 Å². The minimum Gasteiger partial charge on any atom is -0.433 e. The van der Waals surface area contributed by atoms with Crippen molar-refractivity contribution in [1.82, 2.24) is 15.1 Å². The molecule has 2 aliphatic heterocycles. The number of aliphatic hydroxyl groups is 2. The van der Waals surface area contributed by atoms with Crippen LogP contribution >= 0.6 is 0 Å². The molecule has 220 valence electrons. The summed E-state index contributed by atoms with van der Waals surface area (Å²) in [5.74, 6) is -2.81. The molecule has 3 rings (SSSR count). The molecule has 2 aliphatic rings. The van der Waals surface area contributed by atoms with Crippen LogP contribution in [0.1, 0.15) is 50.7 Å². The van der Waals surface area contributed by atoms with Crippen molar-refractivity contribution in [3.63, 3.8) is 0 Å². The number of rotatable bonds is 10. The topological polar surface area (TPSA) is 206 Å². The SMILES string of the molecule is Cc1cccc(C[C@]2(C(=O)N[C@H](C(N)=O)[C@@H](C)O)CCCN2C(=O)C2CCCN2C(=O)[C@@H](OC(N)=O)[C@@H](C)O)c1. The third kappa shape index (κ3) is 6.53. The first kappa shape index (κ1) is 30.8. The molecular weight excluding hydrogens is 522 g/mol. The Hall–Kier alpha value is -3.71. The summed E-state index contributed by atoms with van der Waals surface area (Å²) in [6.07, 6.45) is -3.84. The first-order chi connectivity index (χ1) is 18.8. The number of amides is 5. The summed E-state index contributed by atoms with van der Waals surface area (Å²) in [4.78, 5) is 67.4. The van der Waals surface area contributed by atoms with Gasteiger partial charge in [-0.3, -0.25) is 19.2 Å². The van der Waals surface area contributed by atoms with Crippen molar-refractivity contribution in [3.8, 4) is 0 Å². The van der Waals surface area contributed by atoms with E-state index in [0.717, 1.165) is 11.1 Å². The molecule has 2 saturated heterocycles. The summed E-state index contributed by atoms with van der Waals surface area (Å²) in [6.45, 7) is 4.89. The van der Waals surface area contributed by atoms with E-state index >= 15 is 0 Å². The Labute approximate surface area is 232 Å². The molecule has 13 nitrogen and oxygen atoms in total. The van der Waals surface area contributed by atoms with Gasteiger partial charge in [0.1, 0.15) is 17.6 Å². The Morgan fingerprint density at radius 3 is 2.38 bits per heavy atom. The molecule has 0 bridgehead atoms. The normalized spacial score (nSPS) is 23.7. The Morgan fingerprint density at radius 1 is 1.10 bits per heavy atom. The number of aryl methyl sites for hydroxylation is 1. The van der Waals surface area contributed by atoms with Gasteiger partial charge in [0.25, 0.3) is 5.91 Å². The van der Waals surface area contributed by atoms with Crippen molar-refractivity contribution in [2.24, 2.45) is 11.5 Å². The number of benzene rings is 1. The highest BCUT2D eigenvalue weighted by atomic mass is 16.6. The minimum absolute atomic E-state index is 0.124. The summed E-state index contributed by atoms with van der Waals surface area (Å²) in [7, 11) is 0. The molecule has 0 saturated carbocycles. The Morgan fingerprint density at radius 2 is 1.80 bits per heavy atom. The second-order valence-corrected chi connectivity index (χ2v) is 10.7. The zero-order valence-electron chi connectivity index (χ0n) is 23.0. The number of nitrogens with zero attached hydrogens (tertiary/aromatic N) is 2. The number of hydrogen-bond donors (Lipinski definition) is 5. The van der Waals surface area contributed by atoms with E-state index in [4.69, 9.17) is 16.2 Å². The number of likely N-dealkylation sites (tertiary alicyclic amines) is 2. The summed E-state index contributed by atoms with van der Waals surface area (Å²) < 4.78 is 4.84. The maximum atomic E-state index is 14.1. The monoisotopic (exact) mass is 561 g/mol. The average molecular weight is 562 g/mol. The van der Waals surface area contributed by atoms with Gasteiger partial charge in [-0.05, 0) is 52.0 Å². The van der Waals surface area contributed by atoms with Crippen LogP contribution in [-0.4, -0.2) is 98.8 Å². The first-order valence-corrected chi connectivity index (χ1v) is 13.4. The quantitative estimate of drug-likeness (QED) is 0.241. The molecule has 1 unspecified atom stereocenters. The third-order valence-electron chi connectivity index (χ3n) is 7.58. The van der Waals surface area contributed by atoms with E-state index in [9.17, 15) is 34.2 Å². The van der Waals surface area contributed by atoms with Crippen molar-refractivity contribution < 1.29 is 38.9 Å². The van der Waals surface area contributed by atoms with Crippen LogP contribution in [0.5, 0.6) is 0 Å². The fourth-order valence-electron chi connectivity index (χ4n) is 5.68. The summed E-state index contributed by atoms with van der Waals surface area (Å²) in [5, 5.41) is 22.7. The number of nitrogens with two attached hydrogens (primary N) is 2. The van der Waals surface area contributed by atoms with E-state index in [-0.39, 0.29) is 25.9 Å². The van der Waals surface area contributed by atoms with E-state index in [1.807, 2.05) is 31.2 Å². The lowest BCUT2D eigenvalue weighted by molar-refractivity contribution is -0.156. The molecule has 0 spiro atoms. The fraction of sp³-hybridized carbons (Fsp3) is 0.593. The van der Waals surface area contributed by atoms with E-state index in [1.165, 1.54) is 23.6 Å². The Bertz CT molecular complexity index is 1140. The van der Waals surface area contributed by atoms with Gasteiger partial charge in [-0.15, -0.1) is 0 Å². The van der Waals surface area contributed by atoms with Gasteiger partial charge in [-0.1, -0.05) is 29.8 Å². The highest BCUT2D eigenvalue weighted by molar-refractivity contribution is 5.98. The van der Waals surface area contributed by atoms with Crippen LogP contribution in [0.15, 0.2) is 24.3 Å². The standard InChI is InChI=1S/C27H39N5O8/c1-15-7-4-8-18(13-15)14-27(25(38)30-20(16(2)33)22(28)35)10-6-12-32(27)23(36)19-9-5-11-31(19)24(37)21(17(3)34)40-26(29)39/h4,7-8,13,16-17,19-21,33-34H,5-6,9-12,14H2,1-3H3,(H2,28,35)(H2,29,39)(H,30,38)/t16-,17-,19?,20+,21+,27+/m1/s1. The first-order valence-electron chi connectivity index (χ1n) is 13.4. The number of nitrogens with one attached hydrogen (secondary N) is 1. The Kier molecular flexibility index (Phi) is 9.74. The molecular formula is C27H39N5O8. The van der Waals surface area contributed by atoms with Crippen LogP contribution < -0.4 is 16.8 Å². The lowest BCUT2D eigenvalue weighted by Crippen LogP contribution is -2.65.